The van der Waals surface area contributed by atoms with Gasteiger partial charge in [-0.2, -0.15) is 4.98 Å². The highest BCUT2D eigenvalue weighted by Crippen LogP contribution is 2.31. The van der Waals surface area contributed by atoms with Crippen molar-refractivity contribution in [3.8, 4) is 11.8 Å². The van der Waals surface area contributed by atoms with Crippen LogP contribution in [0, 0.1) is 13.8 Å². The van der Waals surface area contributed by atoms with Crippen LogP contribution in [-0.4, -0.2) is 52.5 Å². The van der Waals surface area contributed by atoms with Crippen molar-refractivity contribution in [1.29, 1.82) is 0 Å². The lowest BCUT2D eigenvalue weighted by Gasteiger charge is -2.23. The largest absolute Gasteiger partial charge is 0.487 e. The molecule has 0 aliphatic heterocycles. The van der Waals surface area contributed by atoms with Gasteiger partial charge in [-0.15, -0.1) is 0 Å². The normalized spacial score (nSPS) is 11.0. The van der Waals surface area contributed by atoms with Crippen LogP contribution in [0.15, 0.2) is 54.7 Å². The van der Waals surface area contributed by atoms with E-state index in [1.807, 2.05) is 62.7 Å². The molecule has 2 N–H and O–H groups in total. The Hall–Kier alpha value is -5.19. The third-order valence-electron chi connectivity index (χ3n) is 6.95. The molecule has 0 fully saturated rings. The highest BCUT2D eigenvalue weighted by atomic mass is 16.5. The van der Waals surface area contributed by atoms with Crippen molar-refractivity contribution < 1.29 is 23.9 Å². The summed E-state index contributed by atoms with van der Waals surface area (Å²) in [6, 6.07) is 13.5. The molecule has 11 nitrogen and oxygen atoms in total. The maximum Gasteiger partial charge on any atom is 0.297 e. The number of aromatic nitrogens is 3. The molecule has 3 amide bonds. The zero-order valence-corrected chi connectivity index (χ0v) is 25.2. The molecule has 0 saturated carbocycles. The monoisotopic (exact) mass is 584 g/mol. The summed E-state index contributed by atoms with van der Waals surface area (Å²) in [4.78, 5) is 46.7. The number of nitrogens with zero attached hydrogens (tertiary/aromatic N) is 4. The molecule has 2 heterocycles. The number of carbonyl (C=O) groups excluding carboxylic acids is 3. The predicted molar refractivity (Wildman–Crippen MR) is 166 cm³/mol. The van der Waals surface area contributed by atoms with E-state index in [0.717, 1.165) is 33.4 Å². The molecule has 0 aliphatic carbocycles. The number of para-hydroxylation sites is 1. The Balaban J connectivity index is 1.39. The van der Waals surface area contributed by atoms with Crippen molar-refractivity contribution in [1.82, 2.24) is 19.9 Å². The molecule has 224 valence electrons. The van der Waals surface area contributed by atoms with Crippen LogP contribution in [-0.2, 0) is 28.0 Å². The number of nitrogens with one attached hydrogen (secondary N) is 2. The number of hydrogen-bond acceptors (Lipinski definition) is 7. The Morgan fingerprint density at radius 3 is 2.56 bits per heavy atom. The molecule has 2 aromatic carbocycles. The van der Waals surface area contributed by atoms with Gasteiger partial charge in [-0.05, 0) is 79.4 Å². The lowest BCUT2D eigenvalue weighted by atomic mass is 10.0. The van der Waals surface area contributed by atoms with Gasteiger partial charge in [0.05, 0.1) is 18.7 Å². The number of imidazole rings is 1. The molecule has 0 bridgehead atoms. The SMILES string of the molecule is CCOc1nc2c(OCc3c(C)ccc(N(C)C(=O)CNC(=O)/C=C/c4ccc(NC(C)=O)nc4)c3C)cccc2n1C. The number of carbonyl (C=O) groups is 3. The van der Waals surface area contributed by atoms with Crippen LogP contribution < -0.4 is 25.0 Å². The fourth-order valence-electron chi connectivity index (χ4n) is 4.56. The summed E-state index contributed by atoms with van der Waals surface area (Å²) < 4.78 is 13.8. The summed E-state index contributed by atoms with van der Waals surface area (Å²) >= 11 is 0. The number of anilines is 2. The standard InChI is InChI=1S/C32H36N6O5/c1-7-42-32-36-31-26(38(32)6)9-8-10-27(31)43-19-24-20(2)11-14-25(21(24)3)37(5)30(41)18-34-29(40)16-13-23-12-15-28(33-17-23)35-22(4)39/h8-17H,7,18-19H2,1-6H3,(H,34,40)(H,33,35,39)/b16-13+. The number of amides is 3. The van der Waals surface area contributed by atoms with Crippen LogP contribution in [0.4, 0.5) is 11.5 Å². The molecule has 0 unspecified atom stereocenters. The Bertz CT molecular complexity index is 1680. The van der Waals surface area contributed by atoms with Gasteiger partial charge in [0.25, 0.3) is 6.01 Å². The van der Waals surface area contributed by atoms with E-state index in [1.54, 1.807) is 25.3 Å². The van der Waals surface area contributed by atoms with Gasteiger partial charge in [0.15, 0.2) is 0 Å². The smallest absolute Gasteiger partial charge is 0.297 e. The summed E-state index contributed by atoms with van der Waals surface area (Å²) in [5.41, 5.74) is 5.91. The van der Waals surface area contributed by atoms with E-state index in [-0.39, 0.29) is 25.0 Å². The molecule has 4 aromatic rings. The average molecular weight is 585 g/mol. The maximum atomic E-state index is 13.0. The molecule has 0 aliphatic rings. The summed E-state index contributed by atoms with van der Waals surface area (Å²) in [6.07, 6.45) is 4.44. The number of pyridine rings is 1. The van der Waals surface area contributed by atoms with E-state index in [1.165, 1.54) is 24.1 Å². The fourth-order valence-corrected chi connectivity index (χ4v) is 4.56. The van der Waals surface area contributed by atoms with Crippen LogP contribution in [0.25, 0.3) is 17.1 Å². The number of likely N-dealkylation sites (N-methyl/N-ethyl adjacent to an activating group) is 1. The molecular weight excluding hydrogens is 548 g/mol. The van der Waals surface area contributed by atoms with Gasteiger partial charge in [-0.25, -0.2) is 4.98 Å². The lowest BCUT2D eigenvalue weighted by molar-refractivity contribution is -0.122. The fraction of sp³-hybridized carbons (Fsp3) is 0.281. The van der Waals surface area contributed by atoms with Crippen molar-refractivity contribution in [2.75, 3.05) is 30.4 Å². The average Bonchev–Trinajstić information content (AvgIpc) is 3.30. The van der Waals surface area contributed by atoms with Crippen LogP contribution in [0.5, 0.6) is 11.8 Å². The summed E-state index contributed by atoms with van der Waals surface area (Å²) in [5.74, 6) is 0.154. The minimum absolute atomic E-state index is 0.178. The zero-order valence-electron chi connectivity index (χ0n) is 25.2. The highest BCUT2D eigenvalue weighted by molar-refractivity contribution is 5.99. The third kappa shape index (κ3) is 7.37. The summed E-state index contributed by atoms with van der Waals surface area (Å²) in [6.45, 7) is 7.89. The Morgan fingerprint density at radius 2 is 1.86 bits per heavy atom. The van der Waals surface area contributed by atoms with Crippen molar-refractivity contribution in [3.63, 3.8) is 0 Å². The molecule has 4 rings (SSSR count). The maximum absolute atomic E-state index is 13.0. The van der Waals surface area contributed by atoms with Gasteiger partial charge in [0.2, 0.25) is 17.7 Å². The zero-order chi connectivity index (χ0) is 31.1. The van der Waals surface area contributed by atoms with E-state index in [2.05, 4.69) is 20.6 Å². The molecular formula is C32H36N6O5. The van der Waals surface area contributed by atoms with Crippen molar-refractivity contribution in [2.45, 2.75) is 34.3 Å². The molecule has 0 atom stereocenters. The minimum atomic E-state index is -0.418. The van der Waals surface area contributed by atoms with Gasteiger partial charge in [0, 0.05) is 39.0 Å². The third-order valence-corrected chi connectivity index (χ3v) is 6.95. The number of fused-ring (bicyclic) bond motifs is 1. The van der Waals surface area contributed by atoms with E-state index in [4.69, 9.17) is 9.47 Å². The van der Waals surface area contributed by atoms with Crippen molar-refractivity contribution in [3.05, 3.63) is 77.0 Å². The van der Waals surface area contributed by atoms with Crippen LogP contribution in [0.2, 0.25) is 0 Å². The first-order chi connectivity index (χ1) is 20.6. The topological polar surface area (TPSA) is 128 Å². The second-order valence-electron chi connectivity index (χ2n) is 9.97. The molecule has 0 radical (unpaired) electrons. The van der Waals surface area contributed by atoms with Crippen molar-refractivity contribution in [2.24, 2.45) is 7.05 Å². The van der Waals surface area contributed by atoms with E-state index in [9.17, 15) is 14.4 Å². The van der Waals surface area contributed by atoms with Gasteiger partial charge in [0.1, 0.15) is 23.7 Å². The predicted octanol–water partition coefficient (Wildman–Crippen LogP) is 4.31. The minimum Gasteiger partial charge on any atom is -0.487 e. The Kier molecular flexibility index (Phi) is 9.76. The number of aryl methyl sites for hydroxylation is 2. The van der Waals surface area contributed by atoms with E-state index < -0.39 is 5.91 Å². The Labute approximate surface area is 250 Å². The van der Waals surface area contributed by atoms with Crippen molar-refractivity contribution >= 4 is 46.3 Å². The van der Waals surface area contributed by atoms with Crippen LogP contribution in [0.1, 0.15) is 36.1 Å². The van der Waals surface area contributed by atoms with Gasteiger partial charge in [-0.3, -0.25) is 19.0 Å². The molecule has 0 spiro atoms. The molecule has 0 saturated heterocycles. The number of benzene rings is 2. The first kappa shape index (κ1) is 30.8. The van der Waals surface area contributed by atoms with Crippen LogP contribution in [0.3, 0.4) is 0 Å². The van der Waals surface area contributed by atoms with Gasteiger partial charge < -0.3 is 25.0 Å². The molecule has 2 aromatic heterocycles. The Morgan fingerprint density at radius 1 is 1.07 bits per heavy atom. The van der Waals surface area contributed by atoms with Gasteiger partial charge in [-0.1, -0.05) is 12.1 Å². The summed E-state index contributed by atoms with van der Waals surface area (Å²) in [5, 5.41) is 5.21. The lowest BCUT2D eigenvalue weighted by Crippen LogP contribution is -2.38. The number of ether oxygens (including phenoxy) is 2. The quantitative estimate of drug-likeness (QED) is 0.252. The first-order valence-corrected chi connectivity index (χ1v) is 13.8. The van der Waals surface area contributed by atoms with Crippen LogP contribution >= 0.6 is 0 Å². The first-order valence-electron chi connectivity index (χ1n) is 13.8. The number of rotatable bonds is 11. The summed E-state index contributed by atoms with van der Waals surface area (Å²) in [7, 11) is 3.58. The molecule has 43 heavy (non-hydrogen) atoms. The second-order valence-corrected chi connectivity index (χ2v) is 9.97. The highest BCUT2D eigenvalue weighted by Gasteiger charge is 2.18. The van der Waals surface area contributed by atoms with E-state index in [0.29, 0.717) is 29.7 Å². The molecule has 11 heteroatoms. The van der Waals surface area contributed by atoms with Gasteiger partial charge >= 0.3 is 0 Å². The van der Waals surface area contributed by atoms with E-state index >= 15 is 0 Å². The second kappa shape index (κ2) is 13.6. The number of hydrogen-bond donors (Lipinski definition) is 2.